The van der Waals surface area contributed by atoms with Crippen LogP contribution in [0.15, 0.2) is 47.4 Å². The number of aromatic nitrogens is 1. The van der Waals surface area contributed by atoms with E-state index in [0.717, 1.165) is 23.3 Å². The van der Waals surface area contributed by atoms with Gasteiger partial charge in [0.2, 0.25) is 5.91 Å². The molecule has 30 heavy (non-hydrogen) atoms. The molecule has 1 fully saturated rings. The van der Waals surface area contributed by atoms with Gasteiger partial charge in [0, 0.05) is 30.6 Å². The van der Waals surface area contributed by atoms with Crippen LogP contribution in [0.2, 0.25) is 0 Å². The fourth-order valence-corrected chi connectivity index (χ4v) is 4.40. The second-order valence-corrected chi connectivity index (χ2v) is 8.60. The molecular weight excluding hydrogens is 405 g/mol. The molecule has 6 nitrogen and oxygen atoms in total. The third-order valence-corrected chi connectivity index (χ3v) is 6.16. The molecule has 0 unspecified atom stereocenters. The Morgan fingerprint density at radius 2 is 2.23 bits per heavy atom. The summed E-state index contributed by atoms with van der Waals surface area (Å²) in [5.41, 5.74) is 1.97. The molecule has 1 aromatic carbocycles. The maximum absolute atomic E-state index is 13.7. The summed E-state index contributed by atoms with van der Waals surface area (Å²) in [6.45, 7) is 2.73. The monoisotopic (exact) mass is 427 g/mol. The zero-order valence-electron chi connectivity index (χ0n) is 16.6. The Morgan fingerprint density at radius 1 is 1.37 bits per heavy atom. The van der Waals surface area contributed by atoms with Crippen molar-refractivity contribution in [3.05, 3.63) is 70.4 Å². The predicted molar refractivity (Wildman–Crippen MR) is 112 cm³/mol. The van der Waals surface area contributed by atoms with Gasteiger partial charge in [0.1, 0.15) is 12.1 Å². The van der Waals surface area contributed by atoms with E-state index in [-0.39, 0.29) is 23.5 Å². The molecule has 0 spiro atoms. The number of likely N-dealkylation sites (tertiary alicyclic amines) is 1. The van der Waals surface area contributed by atoms with E-state index >= 15 is 0 Å². The van der Waals surface area contributed by atoms with Crippen LogP contribution in [-0.4, -0.2) is 34.8 Å². The molecular formula is C22H22FN3O3S. The number of nitrogens with one attached hydrogen (secondary N) is 1. The van der Waals surface area contributed by atoms with Gasteiger partial charge in [-0.25, -0.2) is 9.37 Å². The van der Waals surface area contributed by atoms with E-state index in [0.29, 0.717) is 35.8 Å². The van der Waals surface area contributed by atoms with Crippen LogP contribution in [0.4, 0.5) is 9.52 Å². The standard InChI is InChI=1S/C22H22FN3O3S/c1-14-4-5-15(10-19(14)23)9-18-11-24-22(30-18)25-20(27)16-3-2-7-26(12-16)21(28)17-6-8-29-13-17/h4-6,8,10-11,13,16H,2-3,7,9,12H2,1H3,(H,24,25,27)/t16-/m0/s1. The molecule has 3 aromatic rings. The molecule has 1 aliphatic rings. The number of nitrogens with zero attached hydrogens (tertiary/aromatic N) is 2. The fourth-order valence-electron chi connectivity index (χ4n) is 3.55. The molecule has 1 aliphatic heterocycles. The first-order chi connectivity index (χ1) is 14.5. The van der Waals surface area contributed by atoms with Gasteiger partial charge in [-0.15, -0.1) is 11.3 Å². The summed E-state index contributed by atoms with van der Waals surface area (Å²) in [7, 11) is 0. The summed E-state index contributed by atoms with van der Waals surface area (Å²) < 4.78 is 18.7. The quantitative estimate of drug-likeness (QED) is 0.660. The van der Waals surface area contributed by atoms with Gasteiger partial charge in [0.05, 0.1) is 17.7 Å². The number of halogens is 1. The van der Waals surface area contributed by atoms with E-state index in [1.54, 1.807) is 30.2 Å². The zero-order valence-corrected chi connectivity index (χ0v) is 17.4. The second kappa shape index (κ2) is 8.79. The van der Waals surface area contributed by atoms with Gasteiger partial charge in [-0.1, -0.05) is 12.1 Å². The lowest BCUT2D eigenvalue weighted by molar-refractivity contribution is -0.121. The molecule has 0 radical (unpaired) electrons. The average Bonchev–Trinajstić information content (AvgIpc) is 3.43. The van der Waals surface area contributed by atoms with Crippen molar-refractivity contribution in [1.82, 2.24) is 9.88 Å². The minimum atomic E-state index is -0.284. The average molecular weight is 428 g/mol. The molecule has 156 valence electrons. The number of hydrogen-bond donors (Lipinski definition) is 1. The summed E-state index contributed by atoms with van der Waals surface area (Å²) in [6.07, 6.45) is 6.63. The Balaban J connectivity index is 1.35. The summed E-state index contributed by atoms with van der Waals surface area (Å²) in [4.78, 5) is 32.1. The number of carbonyl (C=O) groups excluding carboxylic acids is 2. The summed E-state index contributed by atoms with van der Waals surface area (Å²) in [5.74, 6) is -0.768. The highest BCUT2D eigenvalue weighted by Gasteiger charge is 2.29. The number of hydrogen-bond acceptors (Lipinski definition) is 5. The van der Waals surface area contributed by atoms with E-state index in [1.165, 1.54) is 29.9 Å². The zero-order chi connectivity index (χ0) is 21.1. The van der Waals surface area contributed by atoms with Crippen molar-refractivity contribution in [2.45, 2.75) is 26.2 Å². The SMILES string of the molecule is Cc1ccc(Cc2cnc(NC(=O)[C@H]3CCCN(C(=O)c4ccoc4)C3)s2)cc1F. The lowest BCUT2D eigenvalue weighted by atomic mass is 9.97. The molecule has 1 N–H and O–H groups in total. The van der Waals surface area contributed by atoms with Crippen molar-refractivity contribution in [2.75, 3.05) is 18.4 Å². The van der Waals surface area contributed by atoms with Gasteiger partial charge in [0.25, 0.3) is 5.91 Å². The lowest BCUT2D eigenvalue weighted by Gasteiger charge is -2.31. The van der Waals surface area contributed by atoms with E-state index in [2.05, 4.69) is 10.3 Å². The summed E-state index contributed by atoms with van der Waals surface area (Å²) in [6, 6.07) is 6.81. The molecule has 2 aromatic heterocycles. The van der Waals surface area contributed by atoms with Crippen LogP contribution >= 0.6 is 11.3 Å². The molecule has 1 saturated heterocycles. The van der Waals surface area contributed by atoms with E-state index in [1.807, 2.05) is 6.07 Å². The van der Waals surface area contributed by atoms with Crippen LogP contribution < -0.4 is 5.32 Å². The van der Waals surface area contributed by atoms with Crippen LogP contribution in [0.25, 0.3) is 0 Å². The number of aryl methyl sites for hydroxylation is 1. The first kappa shape index (κ1) is 20.3. The van der Waals surface area contributed by atoms with Gasteiger partial charge in [0.15, 0.2) is 5.13 Å². The number of piperidine rings is 1. The lowest BCUT2D eigenvalue weighted by Crippen LogP contribution is -2.43. The van der Waals surface area contributed by atoms with E-state index < -0.39 is 0 Å². The second-order valence-electron chi connectivity index (χ2n) is 7.48. The van der Waals surface area contributed by atoms with Crippen LogP contribution in [0.5, 0.6) is 0 Å². The highest BCUT2D eigenvalue weighted by molar-refractivity contribution is 7.15. The Hall–Kier alpha value is -3.00. The number of anilines is 1. The smallest absolute Gasteiger partial charge is 0.257 e. The third-order valence-electron chi connectivity index (χ3n) is 5.25. The molecule has 0 bridgehead atoms. The first-order valence-corrected chi connectivity index (χ1v) is 10.6. The molecule has 3 heterocycles. The van der Waals surface area contributed by atoms with Gasteiger partial charge in [-0.2, -0.15) is 0 Å². The van der Waals surface area contributed by atoms with E-state index in [9.17, 15) is 14.0 Å². The van der Waals surface area contributed by atoms with Crippen molar-refractivity contribution in [3.63, 3.8) is 0 Å². The summed E-state index contributed by atoms with van der Waals surface area (Å²) in [5, 5.41) is 3.39. The minimum absolute atomic E-state index is 0.122. The highest BCUT2D eigenvalue weighted by atomic mass is 32.1. The predicted octanol–water partition coefficient (Wildman–Crippen LogP) is 4.27. The number of amides is 2. The van der Waals surface area contributed by atoms with Gasteiger partial charge in [-0.3, -0.25) is 9.59 Å². The first-order valence-electron chi connectivity index (χ1n) is 9.81. The molecule has 0 aliphatic carbocycles. The Labute approximate surface area is 177 Å². The number of furan rings is 1. The summed E-state index contributed by atoms with van der Waals surface area (Å²) >= 11 is 1.38. The normalized spacial score (nSPS) is 16.5. The molecule has 2 amide bonds. The van der Waals surface area contributed by atoms with Crippen molar-refractivity contribution in [1.29, 1.82) is 0 Å². The highest BCUT2D eigenvalue weighted by Crippen LogP contribution is 2.25. The topological polar surface area (TPSA) is 75.4 Å². The van der Waals surface area contributed by atoms with Crippen molar-refractivity contribution >= 4 is 28.3 Å². The van der Waals surface area contributed by atoms with Crippen LogP contribution in [-0.2, 0) is 11.2 Å². The van der Waals surface area contributed by atoms with Gasteiger partial charge >= 0.3 is 0 Å². The fraction of sp³-hybridized carbons (Fsp3) is 0.318. The largest absolute Gasteiger partial charge is 0.472 e. The molecule has 4 rings (SSSR count). The molecule has 8 heteroatoms. The third kappa shape index (κ3) is 4.59. The van der Waals surface area contributed by atoms with E-state index in [4.69, 9.17) is 4.42 Å². The molecule has 0 saturated carbocycles. The number of rotatable bonds is 5. The van der Waals surface area contributed by atoms with Crippen molar-refractivity contribution in [3.8, 4) is 0 Å². The van der Waals surface area contributed by atoms with Crippen molar-refractivity contribution < 1.29 is 18.4 Å². The maximum atomic E-state index is 13.7. The van der Waals surface area contributed by atoms with Crippen LogP contribution in [0, 0.1) is 18.7 Å². The van der Waals surface area contributed by atoms with Gasteiger partial charge < -0.3 is 14.6 Å². The van der Waals surface area contributed by atoms with Crippen LogP contribution in [0.3, 0.4) is 0 Å². The van der Waals surface area contributed by atoms with Crippen molar-refractivity contribution in [2.24, 2.45) is 5.92 Å². The minimum Gasteiger partial charge on any atom is -0.472 e. The van der Waals surface area contributed by atoms with Crippen LogP contribution in [0.1, 0.15) is 39.2 Å². The Morgan fingerprint density at radius 3 is 3.00 bits per heavy atom. The maximum Gasteiger partial charge on any atom is 0.257 e. The Kier molecular flexibility index (Phi) is 5.94. The van der Waals surface area contributed by atoms with Gasteiger partial charge in [-0.05, 0) is 43.0 Å². The number of benzene rings is 1. The Bertz CT molecular complexity index is 1050. The number of carbonyl (C=O) groups is 2. The number of thiazole rings is 1. The molecule has 1 atom stereocenters.